The summed E-state index contributed by atoms with van der Waals surface area (Å²) in [5, 5.41) is 0. The van der Waals surface area contributed by atoms with Crippen LogP contribution in [0.2, 0.25) is 0 Å². The van der Waals surface area contributed by atoms with Gasteiger partial charge in [0.15, 0.2) is 0 Å². The van der Waals surface area contributed by atoms with E-state index in [1.54, 1.807) is 13.3 Å². The highest BCUT2D eigenvalue weighted by atomic mass is 16.5. The summed E-state index contributed by atoms with van der Waals surface area (Å²) in [7, 11) is 3.75. The Hall–Kier alpha value is -0.970. The summed E-state index contributed by atoms with van der Waals surface area (Å²) in [5.74, 6) is 0. The van der Waals surface area contributed by atoms with Crippen LogP contribution in [-0.4, -0.2) is 43.7 Å². The second-order valence-corrected chi connectivity index (χ2v) is 3.51. The third kappa shape index (κ3) is 3.58. The number of aromatic nitrogens is 1. The lowest BCUT2D eigenvalue weighted by molar-refractivity contribution is 0.140. The maximum Gasteiger partial charge on any atom is 0.0589 e. The van der Waals surface area contributed by atoms with Crippen LogP contribution in [0.5, 0.6) is 0 Å². The molecule has 0 fully saturated rings. The first-order valence-electron chi connectivity index (χ1n) is 5.08. The molecule has 84 valence electrons. The van der Waals surface area contributed by atoms with E-state index in [0.29, 0.717) is 13.2 Å². The van der Waals surface area contributed by atoms with Crippen LogP contribution in [0.1, 0.15) is 11.6 Å². The molecule has 0 saturated carbocycles. The molecule has 4 heteroatoms. The second kappa shape index (κ2) is 6.50. The largest absolute Gasteiger partial charge is 0.383 e. The summed E-state index contributed by atoms with van der Waals surface area (Å²) < 4.78 is 5.04. The van der Waals surface area contributed by atoms with Crippen molar-refractivity contribution in [3.8, 4) is 0 Å². The van der Waals surface area contributed by atoms with Crippen molar-refractivity contribution in [2.75, 3.05) is 33.9 Å². The number of hydrogen-bond donors (Lipinski definition) is 1. The number of rotatable bonds is 6. The molecule has 0 bridgehead atoms. The zero-order valence-corrected chi connectivity index (χ0v) is 9.39. The molecule has 2 N–H and O–H groups in total. The van der Waals surface area contributed by atoms with Crippen molar-refractivity contribution < 1.29 is 4.74 Å². The van der Waals surface area contributed by atoms with E-state index in [1.807, 2.05) is 25.4 Å². The van der Waals surface area contributed by atoms with Crippen LogP contribution in [0.4, 0.5) is 0 Å². The summed E-state index contributed by atoms with van der Waals surface area (Å²) in [4.78, 5) is 6.28. The summed E-state index contributed by atoms with van der Waals surface area (Å²) in [6.07, 6.45) is 3.63. The molecule has 0 saturated heterocycles. The van der Waals surface area contributed by atoms with Gasteiger partial charge in [-0.1, -0.05) is 6.07 Å². The number of nitrogens with zero attached hydrogens (tertiary/aromatic N) is 2. The Bertz CT molecular complexity index is 266. The Labute approximate surface area is 91.1 Å². The van der Waals surface area contributed by atoms with Gasteiger partial charge in [0.2, 0.25) is 0 Å². The van der Waals surface area contributed by atoms with Crippen molar-refractivity contribution in [2.45, 2.75) is 6.04 Å². The Kier molecular flexibility index (Phi) is 5.25. The number of ether oxygens (including phenoxy) is 1. The molecule has 0 amide bonds. The SMILES string of the molecule is COCCN(C)C(CN)c1cccnc1. The minimum absolute atomic E-state index is 0.217. The van der Waals surface area contributed by atoms with Gasteiger partial charge in [0.05, 0.1) is 6.61 Å². The number of methoxy groups -OCH3 is 1. The molecule has 0 radical (unpaired) electrons. The highest BCUT2D eigenvalue weighted by Gasteiger charge is 2.14. The fraction of sp³-hybridized carbons (Fsp3) is 0.545. The van der Waals surface area contributed by atoms with E-state index in [-0.39, 0.29) is 6.04 Å². The number of likely N-dealkylation sites (N-methyl/N-ethyl adjacent to an activating group) is 1. The third-order valence-corrected chi connectivity index (χ3v) is 2.47. The molecular weight excluding hydrogens is 190 g/mol. The van der Waals surface area contributed by atoms with E-state index in [4.69, 9.17) is 10.5 Å². The molecule has 1 heterocycles. The van der Waals surface area contributed by atoms with E-state index in [9.17, 15) is 0 Å². The fourth-order valence-corrected chi connectivity index (χ4v) is 1.53. The molecule has 1 rings (SSSR count). The molecule has 1 unspecified atom stereocenters. The van der Waals surface area contributed by atoms with Crippen LogP contribution in [0, 0.1) is 0 Å². The highest BCUT2D eigenvalue weighted by Crippen LogP contribution is 2.16. The van der Waals surface area contributed by atoms with Gasteiger partial charge in [0.25, 0.3) is 0 Å². The van der Waals surface area contributed by atoms with Crippen molar-refractivity contribution in [1.29, 1.82) is 0 Å². The maximum atomic E-state index is 5.77. The van der Waals surface area contributed by atoms with Gasteiger partial charge in [0, 0.05) is 38.6 Å². The van der Waals surface area contributed by atoms with E-state index in [2.05, 4.69) is 9.88 Å². The maximum absolute atomic E-state index is 5.77. The van der Waals surface area contributed by atoms with Crippen molar-refractivity contribution in [2.24, 2.45) is 5.73 Å². The summed E-state index contributed by atoms with van der Waals surface area (Å²) in [6, 6.07) is 4.20. The van der Waals surface area contributed by atoms with E-state index < -0.39 is 0 Å². The van der Waals surface area contributed by atoms with Gasteiger partial charge in [-0.3, -0.25) is 9.88 Å². The molecule has 0 aliphatic heterocycles. The van der Waals surface area contributed by atoms with Gasteiger partial charge >= 0.3 is 0 Å². The summed E-state index contributed by atoms with van der Waals surface area (Å²) in [6.45, 7) is 2.17. The quantitative estimate of drug-likeness (QED) is 0.747. The van der Waals surface area contributed by atoms with Crippen LogP contribution in [0.25, 0.3) is 0 Å². The van der Waals surface area contributed by atoms with E-state index in [0.717, 1.165) is 12.1 Å². The first-order valence-corrected chi connectivity index (χ1v) is 5.08. The molecule has 4 nitrogen and oxygen atoms in total. The fourth-order valence-electron chi connectivity index (χ4n) is 1.53. The van der Waals surface area contributed by atoms with E-state index >= 15 is 0 Å². The minimum Gasteiger partial charge on any atom is -0.383 e. The van der Waals surface area contributed by atoms with Crippen molar-refractivity contribution in [3.05, 3.63) is 30.1 Å². The van der Waals surface area contributed by atoms with Gasteiger partial charge in [-0.25, -0.2) is 0 Å². The van der Waals surface area contributed by atoms with E-state index in [1.165, 1.54) is 0 Å². The number of nitrogens with two attached hydrogens (primary N) is 1. The van der Waals surface area contributed by atoms with Crippen LogP contribution in [0.3, 0.4) is 0 Å². The number of hydrogen-bond acceptors (Lipinski definition) is 4. The first kappa shape index (κ1) is 12.1. The molecule has 0 spiro atoms. The van der Waals surface area contributed by atoms with Crippen LogP contribution < -0.4 is 5.73 Å². The second-order valence-electron chi connectivity index (χ2n) is 3.51. The van der Waals surface area contributed by atoms with Crippen LogP contribution in [0.15, 0.2) is 24.5 Å². The van der Waals surface area contributed by atoms with Crippen LogP contribution in [-0.2, 0) is 4.74 Å². The van der Waals surface area contributed by atoms with Gasteiger partial charge in [-0.05, 0) is 18.7 Å². The Morgan fingerprint density at radius 2 is 2.40 bits per heavy atom. The van der Waals surface area contributed by atoms with Gasteiger partial charge in [-0.2, -0.15) is 0 Å². The molecule has 0 aromatic carbocycles. The molecule has 1 aromatic rings. The lowest BCUT2D eigenvalue weighted by Crippen LogP contribution is -2.32. The van der Waals surface area contributed by atoms with Gasteiger partial charge < -0.3 is 10.5 Å². The molecule has 0 aliphatic rings. The highest BCUT2D eigenvalue weighted by molar-refractivity contribution is 5.14. The molecule has 1 aromatic heterocycles. The van der Waals surface area contributed by atoms with Crippen molar-refractivity contribution in [1.82, 2.24) is 9.88 Å². The molecule has 15 heavy (non-hydrogen) atoms. The standard InChI is InChI=1S/C11H19N3O/c1-14(6-7-15-2)11(8-12)10-4-3-5-13-9-10/h3-5,9,11H,6-8,12H2,1-2H3. The Morgan fingerprint density at radius 3 is 2.93 bits per heavy atom. The predicted octanol–water partition coefficient (Wildman–Crippen LogP) is 0.660. The average molecular weight is 209 g/mol. The zero-order valence-electron chi connectivity index (χ0n) is 9.39. The zero-order chi connectivity index (χ0) is 11.1. The lowest BCUT2D eigenvalue weighted by Gasteiger charge is -2.26. The topological polar surface area (TPSA) is 51.4 Å². The number of pyridine rings is 1. The average Bonchev–Trinajstić information content (AvgIpc) is 2.29. The Balaban J connectivity index is 2.63. The smallest absolute Gasteiger partial charge is 0.0589 e. The first-order chi connectivity index (χ1) is 7.29. The Morgan fingerprint density at radius 1 is 1.60 bits per heavy atom. The van der Waals surface area contributed by atoms with Gasteiger partial charge in [-0.15, -0.1) is 0 Å². The van der Waals surface area contributed by atoms with Crippen molar-refractivity contribution in [3.63, 3.8) is 0 Å². The monoisotopic (exact) mass is 209 g/mol. The summed E-state index contributed by atoms with van der Waals surface area (Å²) >= 11 is 0. The third-order valence-electron chi connectivity index (χ3n) is 2.47. The predicted molar refractivity (Wildman–Crippen MR) is 60.5 cm³/mol. The van der Waals surface area contributed by atoms with Gasteiger partial charge in [0.1, 0.15) is 0 Å². The molecule has 1 atom stereocenters. The summed E-state index contributed by atoms with van der Waals surface area (Å²) in [5.41, 5.74) is 6.92. The van der Waals surface area contributed by atoms with Crippen molar-refractivity contribution >= 4 is 0 Å². The lowest BCUT2D eigenvalue weighted by atomic mass is 10.1. The van der Waals surface area contributed by atoms with Crippen LogP contribution >= 0.6 is 0 Å². The normalized spacial score (nSPS) is 13.1. The molecule has 0 aliphatic carbocycles. The molecular formula is C11H19N3O. The minimum atomic E-state index is 0.217.